The Bertz CT molecular complexity index is 522. The van der Waals surface area contributed by atoms with Gasteiger partial charge >= 0.3 is 0 Å². The van der Waals surface area contributed by atoms with E-state index in [4.69, 9.17) is 4.74 Å². The van der Waals surface area contributed by atoms with Gasteiger partial charge in [-0.2, -0.15) is 0 Å². The second-order valence-electron chi connectivity index (χ2n) is 6.13. The molecule has 3 rings (SSSR count). The zero-order chi connectivity index (χ0) is 14.8. The van der Waals surface area contributed by atoms with Crippen LogP contribution < -0.4 is 10.1 Å². The number of ether oxygens (including phenoxy) is 1. The molecule has 0 unspecified atom stereocenters. The van der Waals surface area contributed by atoms with Crippen molar-refractivity contribution >= 4 is 5.91 Å². The van der Waals surface area contributed by atoms with Crippen LogP contribution in [-0.2, 0) is 6.42 Å². The van der Waals surface area contributed by atoms with Crippen molar-refractivity contribution in [1.82, 2.24) is 10.2 Å². The predicted molar refractivity (Wildman–Crippen MR) is 82.8 cm³/mol. The molecule has 1 heterocycles. The van der Waals surface area contributed by atoms with E-state index in [1.165, 1.54) is 0 Å². The zero-order valence-electron chi connectivity index (χ0n) is 12.9. The topological polar surface area (TPSA) is 41.6 Å². The van der Waals surface area contributed by atoms with Crippen molar-refractivity contribution in [1.29, 1.82) is 0 Å². The number of carbonyl (C=O) groups excluding carboxylic acids is 1. The number of hydrogen-bond acceptors (Lipinski definition) is 3. The van der Waals surface area contributed by atoms with Gasteiger partial charge in [-0.1, -0.05) is 0 Å². The second-order valence-corrected chi connectivity index (χ2v) is 6.13. The SMILES string of the molecule is CNC1CCC(N(C)C(=O)c2ccc3c(c2)CCO3)CC1. The number of fused-ring (bicyclic) bond motifs is 1. The van der Waals surface area contributed by atoms with Gasteiger partial charge in [0.2, 0.25) is 0 Å². The van der Waals surface area contributed by atoms with Crippen molar-refractivity contribution in [3.8, 4) is 5.75 Å². The third-order valence-corrected chi connectivity index (χ3v) is 4.91. The third-order valence-electron chi connectivity index (χ3n) is 4.91. The molecule has 4 nitrogen and oxygen atoms in total. The number of amides is 1. The third kappa shape index (κ3) is 2.91. The molecule has 1 aliphatic heterocycles. The van der Waals surface area contributed by atoms with Crippen molar-refractivity contribution in [3.05, 3.63) is 29.3 Å². The average Bonchev–Trinajstić information content (AvgIpc) is 3.01. The quantitative estimate of drug-likeness (QED) is 0.927. The van der Waals surface area contributed by atoms with Crippen LogP contribution in [-0.4, -0.2) is 43.6 Å². The Hall–Kier alpha value is -1.55. The second kappa shape index (κ2) is 6.06. The Morgan fingerprint density at radius 2 is 2.05 bits per heavy atom. The lowest BCUT2D eigenvalue weighted by Gasteiger charge is -2.34. The lowest BCUT2D eigenvalue weighted by molar-refractivity contribution is 0.0685. The lowest BCUT2D eigenvalue weighted by atomic mass is 9.90. The van der Waals surface area contributed by atoms with Gasteiger partial charge in [-0.05, 0) is 56.5 Å². The highest BCUT2D eigenvalue weighted by molar-refractivity contribution is 5.94. The molecule has 0 radical (unpaired) electrons. The van der Waals surface area contributed by atoms with E-state index in [0.29, 0.717) is 12.1 Å². The van der Waals surface area contributed by atoms with Crippen molar-refractivity contribution < 1.29 is 9.53 Å². The molecule has 1 fully saturated rings. The highest BCUT2D eigenvalue weighted by Gasteiger charge is 2.27. The standard InChI is InChI=1S/C17H24N2O2/c1-18-14-4-6-15(7-5-14)19(2)17(20)13-3-8-16-12(11-13)9-10-21-16/h3,8,11,14-15,18H,4-7,9-10H2,1-2H3. The summed E-state index contributed by atoms with van der Waals surface area (Å²) >= 11 is 0. The molecule has 1 aliphatic carbocycles. The Morgan fingerprint density at radius 3 is 2.76 bits per heavy atom. The highest BCUT2D eigenvalue weighted by Crippen LogP contribution is 2.28. The fourth-order valence-electron chi connectivity index (χ4n) is 3.44. The van der Waals surface area contributed by atoms with E-state index < -0.39 is 0 Å². The first-order valence-electron chi connectivity index (χ1n) is 7.89. The predicted octanol–water partition coefficient (Wildman–Crippen LogP) is 2.22. The molecule has 0 aromatic heterocycles. The van der Waals surface area contributed by atoms with Crippen molar-refractivity contribution in [2.45, 2.75) is 44.2 Å². The van der Waals surface area contributed by atoms with E-state index in [0.717, 1.165) is 55.6 Å². The van der Waals surface area contributed by atoms with Gasteiger partial charge in [0.05, 0.1) is 6.61 Å². The Morgan fingerprint density at radius 1 is 1.29 bits per heavy atom. The highest BCUT2D eigenvalue weighted by atomic mass is 16.5. The molecule has 21 heavy (non-hydrogen) atoms. The van der Waals surface area contributed by atoms with Gasteiger partial charge in [0, 0.05) is 31.1 Å². The maximum atomic E-state index is 12.7. The van der Waals surface area contributed by atoms with Crippen LogP contribution in [0.5, 0.6) is 5.75 Å². The molecule has 4 heteroatoms. The van der Waals surface area contributed by atoms with Gasteiger partial charge in [-0.15, -0.1) is 0 Å². The number of hydrogen-bond donors (Lipinski definition) is 1. The van der Waals surface area contributed by atoms with E-state index in [1.807, 2.05) is 37.2 Å². The first-order chi connectivity index (χ1) is 10.2. The lowest BCUT2D eigenvalue weighted by Crippen LogP contribution is -2.42. The van der Waals surface area contributed by atoms with Gasteiger partial charge in [0.1, 0.15) is 5.75 Å². The van der Waals surface area contributed by atoms with Crippen LogP contribution >= 0.6 is 0 Å². The fraction of sp³-hybridized carbons (Fsp3) is 0.588. The largest absolute Gasteiger partial charge is 0.493 e. The molecule has 0 spiro atoms. The van der Waals surface area contributed by atoms with Crippen LogP contribution in [0.3, 0.4) is 0 Å². The molecule has 1 N–H and O–H groups in total. The molecule has 114 valence electrons. The van der Waals surface area contributed by atoms with Gasteiger partial charge in [0.15, 0.2) is 0 Å². The molecular weight excluding hydrogens is 264 g/mol. The maximum absolute atomic E-state index is 12.7. The summed E-state index contributed by atoms with van der Waals surface area (Å²) in [6.07, 6.45) is 5.38. The molecule has 2 aliphatic rings. The van der Waals surface area contributed by atoms with Gasteiger partial charge in [0.25, 0.3) is 5.91 Å². The number of rotatable bonds is 3. The van der Waals surface area contributed by atoms with Gasteiger partial charge < -0.3 is 15.0 Å². The van der Waals surface area contributed by atoms with E-state index in [2.05, 4.69) is 5.32 Å². The summed E-state index contributed by atoms with van der Waals surface area (Å²) in [5, 5.41) is 3.34. The molecule has 0 bridgehead atoms. The summed E-state index contributed by atoms with van der Waals surface area (Å²) < 4.78 is 5.50. The minimum atomic E-state index is 0.137. The number of nitrogens with zero attached hydrogens (tertiary/aromatic N) is 1. The molecule has 1 aromatic rings. The monoisotopic (exact) mass is 288 g/mol. The van der Waals surface area contributed by atoms with Crippen molar-refractivity contribution in [3.63, 3.8) is 0 Å². The van der Waals surface area contributed by atoms with Crippen LogP contribution in [0.2, 0.25) is 0 Å². The summed E-state index contributed by atoms with van der Waals surface area (Å²) in [7, 11) is 3.96. The number of nitrogens with one attached hydrogen (secondary N) is 1. The average molecular weight is 288 g/mol. The Balaban J connectivity index is 1.67. The minimum Gasteiger partial charge on any atom is -0.493 e. The zero-order valence-corrected chi connectivity index (χ0v) is 12.9. The van der Waals surface area contributed by atoms with E-state index in [-0.39, 0.29) is 5.91 Å². The van der Waals surface area contributed by atoms with Gasteiger partial charge in [-0.25, -0.2) is 0 Å². The molecule has 0 atom stereocenters. The summed E-state index contributed by atoms with van der Waals surface area (Å²) in [6, 6.07) is 6.80. The van der Waals surface area contributed by atoms with Crippen LogP contribution in [0.15, 0.2) is 18.2 Å². The minimum absolute atomic E-state index is 0.137. The van der Waals surface area contributed by atoms with Crippen molar-refractivity contribution in [2.75, 3.05) is 20.7 Å². The number of benzene rings is 1. The van der Waals surface area contributed by atoms with E-state index in [9.17, 15) is 4.79 Å². The maximum Gasteiger partial charge on any atom is 0.253 e. The smallest absolute Gasteiger partial charge is 0.253 e. The van der Waals surface area contributed by atoms with Crippen molar-refractivity contribution in [2.24, 2.45) is 0 Å². The van der Waals surface area contributed by atoms with Gasteiger partial charge in [-0.3, -0.25) is 4.79 Å². The molecule has 1 saturated carbocycles. The summed E-state index contributed by atoms with van der Waals surface area (Å²) in [4.78, 5) is 14.6. The van der Waals surface area contributed by atoms with Crippen LogP contribution in [0.4, 0.5) is 0 Å². The summed E-state index contributed by atoms with van der Waals surface area (Å²) in [5.74, 6) is 1.07. The van der Waals surface area contributed by atoms with E-state index >= 15 is 0 Å². The first kappa shape index (κ1) is 14.4. The fourth-order valence-corrected chi connectivity index (χ4v) is 3.44. The van der Waals surface area contributed by atoms with Crippen LogP contribution in [0.25, 0.3) is 0 Å². The normalized spacial score (nSPS) is 24.3. The Labute approximate surface area is 126 Å². The van der Waals surface area contributed by atoms with Crippen LogP contribution in [0.1, 0.15) is 41.6 Å². The summed E-state index contributed by atoms with van der Waals surface area (Å²) in [6.45, 7) is 0.733. The number of carbonyl (C=O) groups is 1. The molecule has 1 aromatic carbocycles. The summed E-state index contributed by atoms with van der Waals surface area (Å²) in [5.41, 5.74) is 1.95. The molecule has 1 amide bonds. The molecular formula is C17H24N2O2. The molecule has 0 saturated heterocycles. The van der Waals surface area contributed by atoms with Crippen LogP contribution in [0, 0.1) is 0 Å². The Kier molecular flexibility index (Phi) is 4.15. The van der Waals surface area contributed by atoms with E-state index in [1.54, 1.807) is 0 Å². The first-order valence-corrected chi connectivity index (χ1v) is 7.89.